The number of ether oxygens (including phenoxy) is 1. The Morgan fingerprint density at radius 2 is 2.36 bits per heavy atom. The Morgan fingerprint density at radius 3 is 3.07 bits per heavy atom. The van der Waals surface area contributed by atoms with Gasteiger partial charge in [-0.2, -0.15) is 5.26 Å². The van der Waals surface area contributed by atoms with Crippen LogP contribution in [0.25, 0.3) is 0 Å². The summed E-state index contributed by atoms with van der Waals surface area (Å²) in [5, 5.41) is 12.2. The van der Waals surface area contributed by atoms with Gasteiger partial charge in [-0.05, 0) is 12.8 Å². The number of hydrogen-bond acceptors (Lipinski definition) is 4. The van der Waals surface area contributed by atoms with E-state index in [1.807, 2.05) is 0 Å². The van der Waals surface area contributed by atoms with Crippen LogP contribution < -0.4 is 5.32 Å². The van der Waals surface area contributed by atoms with E-state index in [2.05, 4.69) is 16.3 Å². The molecule has 1 heterocycles. The molecule has 1 N–H and O–H groups in total. The maximum atomic E-state index is 8.72. The minimum absolute atomic E-state index is 0.218. The van der Waals surface area contributed by atoms with Gasteiger partial charge in [0, 0.05) is 32.2 Å². The third kappa shape index (κ3) is 2.95. The molecule has 1 unspecified atom stereocenters. The fourth-order valence-corrected chi connectivity index (χ4v) is 1.70. The van der Waals surface area contributed by atoms with Crippen LogP contribution in [0.1, 0.15) is 12.8 Å². The molecule has 2 fully saturated rings. The van der Waals surface area contributed by atoms with E-state index < -0.39 is 0 Å². The molecule has 0 amide bonds. The topological polar surface area (TPSA) is 48.3 Å². The van der Waals surface area contributed by atoms with Crippen LogP contribution in [0.5, 0.6) is 0 Å². The lowest BCUT2D eigenvalue weighted by atomic mass is 10.3. The summed E-state index contributed by atoms with van der Waals surface area (Å²) in [6, 6.07) is 2.94. The van der Waals surface area contributed by atoms with Crippen LogP contribution in [-0.2, 0) is 4.74 Å². The lowest BCUT2D eigenvalue weighted by Gasteiger charge is -2.29. The van der Waals surface area contributed by atoms with E-state index in [9.17, 15) is 0 Å². The Morgan fingerprint density at radius 1 is 1.50 bits per heavy atom. The Balaban J connectivity index is 1.61. The number of hydrogen-bond donors (Lipinski definition) is 1. The van der Waals surface area contributed by atoms with Crippen molar-refractivity contribution < 1.29 is 4.74 Å². The molecule has 14 heavy (non-hydrogen) atoms. The first kappa shape index (κ1) is 9.91. The minimum atomic E-state index is -0.218. The average Bonchev–Trinajstić information content (AvgIpc) is 3.02. The maximum Gasteiger partial charge on any atom is 0.156 e. The number of nitriles is 1. The Kier molecular flexibility index (Phi) is 3.35. The first-order valence-corrected chi connectivity index (χ1v) is 5.35. The number of rotatable bonds is 4. The number of nitrogens with one attached hydrogen (secondary N) is 1. The van der Waals surface area contributed by atoms with Crippen LogP contribution in [0.4, 0.5) is 0 Å². The molecule has 1 aliphatic carbocycles. The van der Waals surface area contributed by atoms with Gasteiger partial charge in [0.15, 0.2) is 6.10 Å². The smallest absolute Gasteiger partial charge is 0.156 e. The molecule has 4 nitrogen and oxygen atoms in total. The van der Waals surface area contributed by atoms with Crippen molar-refractivity contribution in [3.8, 4) is 6.07 Å². The minimum Gasteiger partial charge on any atom is -0.361 e. The van der Waals surface area contributed by atoms with E-state index >= 15 is 0 Å². The van der Waals surface area contributed by atoms with Crippen molar-refractivity contribution in [2.45, 2.75) is 25.0 Å². The van der Waals surface area contributed by atoms with Crippen molar-refractivity contribution in [2.75, 3.05) is 32.8 Å². The van der Waals surface area contributed by atoms with E-state index in [1.165, 1.54) is 12.8 Å². The summed E-state index contributed by atoms with van der Waals surface area (Å²) in [6.45, 7) is 4.51. The molecular formula is C10H17N3O. The van der Waals surface area contributed by atoms with Gasteiger partial charge >= 0.3 is 0 Å². The van der Waals surface area contributed by atoms with E-state index in [1.54, 1.807) is 0 Å². The molecule has 1 aliphatic heterocycles. The largest absolute Gasteiger partial charge is 0.361 e. The average molecular weight is 195 g/mol. The maximum absolute atomic E-state index is 8.72. The number of nitrogens with zero attached hydrogens (tertiary/aromatic N) is 2. The molecular weight excluding hydrogens is 178 g/mol. The van der Waals surface area contributed by atoms with E-state index in [0.717, 1.165) is 32.2 Å². The third-order valence-corrected chi connectivity index (χ3v) is 2.73. The predicted octanol–water partition coefficient (Wildman–Crippen LogP) is -0.0372. The van der Waals surface area contributed by atoms with Gasteiger partial charge in [-0.3, -0.25) is 4.90 Å². The van der Waals surface area contributed by atoms with Gasteiger partial charge in [0.25, 0.3) is 0 Å². The second-order valence-electron chi connectivity index (χ2n) is 4.02. The van der Waals surface area contributed by atoms with Gasteiger partial charge in [-0.15, -0.1) is 0 Å². The highest BCUT2D eigenvalue weighted by atomic mass is 16.5. The van der Waals surface area contributed by atoms with E-state index in [0.29, 0.717) is 6.61 Å². The van der Waals surface area contributed by atoms with Crippen molar-refractivity contribution in [3.05, 3.63) is 0 Å². The molecule has 0 radical (unpaired) electrons. The van der Waals surface area contributed by atoms with Gasteiger partial charge < -0.3 is 10.1 Å². The van der Waals surface area contributed by atoms with Gasteiger partial charge in [0.2, 0.25) is 0 Å². The lowest BCUT2D eigenvalue weighted by Crippen LogP contribution is -2.44. The fourth-order valence-electron chi connectivity index (χ4n) is 1.70. The molecule has 0 aromatic carbocycles. The van der Waals surface area contributed by atoms with Gasteiger partial charge in [-0.1, -0.05) is 0 Å². The highest BCUT2D eigenvalue weighted by Gasteiger charge is 2.22. The van der Waals surface area contributed by atoms with Crippen molar-refractivity contribution in [1.82, 2.24) is 10.2 Å². The van der Waals surface area contributed by atoms with Crippen molar-refractivity contribution >= 4 is 0 Å². The van der Waals surface area contributed by atoms with Crippen LogP contribution in [0, 0.1) is 11.3 Å². The van der Waals surface area contributed by atoms with Gasteiger partial charge in [-0.25, -0.2) is 0 Å². The molecule has 2 aliphatic rings. The van der Waals surface area contributed by atoms with E-state index in [-0.39, 0.29) is 6.10 Å². The zero-order valence-corrected chi connectivity index (χ0v) is 8.41. The highest BCUT2D eigenvalue weighted by molar-refractivity contribution is 4.89. The first-order chi connectivity index (χ1) is 6.88. The Hall–Kier alpha value is -0.630. The van der Waals surface area contributed by atoms with Crippen LogP contribution in [0.15, 0.2) is 0 Å². The van der Waals surface area contributed by atoms with E-state index in [4.69, 9.17) is 10.00 Å². The van der Waals surface area contributed by atoms with Crippen LogP contribution in [-0.4, -0.2) is 49.8 Å². The van der Waals surface area contributed by atoms with Crippen LogP contribution in [0.2, 0.25) is 0 Å². The molecule has 0 spiro atoms. The van der Waals surface area contributed by atoms with Crippen molar-refractivity contribution in [1.29, 1.82) is 5.26 Å². The fraction of sp³-hybridized carbons (Fsp3) is 0.900. The second kappa shape index (κ2) is 4.74. The Labute approximate surface area is 84.8 Å². The molecule has 0 aromatic heterocycles. The summed E-state index contributed by atoms with van der Waals surface area (Å²) in [5.41, 5.74) is 0. The van der Waals surface area contributed by atoms with Crippen molar-refractivity contribution in [2.24, 2.45) is 0 Å². The zero-order chi connectivity index (χ0) is 9.80. The van der Waals surface area contributed by atoms with Crippen LogP contribution in [0.3, 0.4) is 0 Å². The molecule has 2 rings (SSSR count). The van der Waals surface area contributed by atoms with Crippen LogP contribution >= 0.6 is 0 Å². The van der Waals surface area contributed by atoms with Gasteiger partial charge in [0.05, 0.1) is 12.7 Å². The molecule has 0 aromatic rings. The van der Waals surface area contributed by atoms with Gasteiger partial charge in [0.1, 0.15) is 0 Å². The highest BCUT2D eigenvalue weighted by Crippen LogP contribution is 2.18. The summed E-state index contributed by atoms with van der Waals surface area (Å²) < 4.78 is 5.27. The summed E-state index contributed by atoms with van der Waals surface area (Å²) >= 11 is 0. The molecule has 4 heteroatoms. The summed E-state index contributed by atoms with van der Waals surface area (Å²) in [4.78, 5) is 2.30. The zero-order valence-electron chi connectivity index (χ0n) is 8.41. The molecule has 1 atom stereocenters. The summed E-state index contributed by atoms with van der Waals surface area (Å²) in [7, 11) is 0. The lowest BCUT2D eigenvalue weighted by molar-refractivity contribution is 0.00109. The molecule has 78 valence electrons. The third-order valence-electron chi connectivity index (χ3n) is 2.73. The summed E-state index contributed by atoms with van der Waals surface area (Å²) in [6.07, 6.45) is 2.46. The normalized spacial score (nSPS) is 28.6. The Bertz CT molecular complexity index is 222. The second-order valence-corrected chi connectivity index (χ2v) is 4.02. The predicted molar refractivity (Wildman–Crippen MR) is 52.8 cm³/mol. The SMILES string of the molecule is N#CC1CN(CCNC2CC2)CCO1. The molecule has 0 bridgehead atoms. The molecule has 1 saturated heterocycles. The van der Waals surface area contributed by atoms with Crippen molar-refractivity contribution in [3.63, 3.8) is 0 Å². The monoisotopic (exact) mass is 195 g/mol. The summed E-state index contributed by atoms with van der Waals surface area (Å²) in [5.74, 6) is 0. The quantitative estimate of drug-likeness (QED) is 0.684. The standard InChI is InChI=1S/C10H17N3O/c11-7-10-8-13(5-6-14-10)4-3-12-9-1-2-9/h9-10,12H,1-6,8H2. The first-order valence-electron chi connectivity index (χ1n) is 5.35. The molecule has 1 saturated carbocycles. The number of morpholine rings is 1.